The molecule has 3 aliphatic heterocycles. The fraction of sp³-hybridized carbons (Fsp3) is 0.619. The zero-order valence-electron chi connectivity index (χ0n) is 73.1. The van der Waals surface area contributed by atoms with Crippen LogP contribution < -0.4 is 36.6 Å². The van der Waals surface area contributed by atoms with Crippen LogP contribution in [0.4, 0.5) is 0 Å². The van der Waals surface area contributed by atoms with Gasteiger partial charge in [0.15, 0.2) is 49.4 Å². The molecule has 6 amide bonds. The summed E-state index contributed by atoms with van der Waals surface area (Å²) in [6.45, 7) is 10.0. The SMILES string of the molecule is CC(=O)N[C@H]1[C@H](OCCOCCOCCNC(=O)CN(CC(=O)NCCOCCOCCO[C@@H]2O[C@H](COC(C)=O)[C@H](O)[C@H](OC(C)=O)[C@H]2NC(C)=O)C(Cc2ccc(-c3ccc(OCc4ccccc4)cc3)cc2)C(=O)NCCOCCOCCO[C@@H]2O[C@H](COC(C)=O)[C@H](OC(C)=O)[C@H](OC(C)=O)[C@H]2NC(C)=O)O[C@H](COC(C)=O)[C@H](OC(C)=O)[C@@H]1OC(C)=O. The Morgan fingerprint density at radius 2 is 0.693 bits per heavy atom. The molecule has 3 fully saturated rings. The maximum atomic E-state index is 14.8. The van der Waals surface area contributed by atoms with Crippen LogP contribution in [0.2, 0.25) is 0 Å². The molecule has 3 saturated heterocycles. The van der Waals surface area contributed by atoms with Crippen molar-refractivity contribution < 1.29 is 172 Å². The molecule has 43 heteroatoms. The number of hydrogen-bond acceptors (Lipinski definition) is 37. The topological polar surface area (TPSA) is 528 Å². The lowest BCUT2D eigenvalue weighted by molar-refractivity contribution is -0.279. The molecule has 7 N–H and O–H groups in total. The monoisotopic (exact) mass is 1800 g/mol. The molecule has 0 radical (unpaired) electrons. The van der Waals surface area contributed by atoms with E-state index in [1.165, 1.54) is 25.7 Å². The van der Waals surface area contributed by atoms with Crippen LogP contribution in [0.25, 0.3) is 11.1 Å². The molecule has 3 heterocycles. The first-order valence-corrected chi connectivity index (χ1v) is 41.2. The third-order valence-electron chi connectivity index (χ3n) is 18.5. The molecule has 6 rings (SSSR count). The van der Waals surface area contributed by atoms with Crippen LogP contribution in [0.3, 0.4) is 0 Å². The third-order valence-corrected chi connectivity index (χ3v) is 18.5. The van der Waals surface area contributed by atoms with E-state index in [0.717, 1.165) is 72.1 Å². The average molecular weight is 1800 g/mol. The zero-order chi connectivity index (χ0) is 92.7. The lowest BCUT2D eigenvalue weighted by atomic mass is 9.96. The Morgan fingerprint density at radius 3 is 1.07 bits per heavy atom. The Hall–Kier alpha value is -10.5. The van der Waals surface area contributed by atoms with E-state index in [1.807, 2.05) is 78.9 Å². The van der Waals surface area contributed by atoms with Gasteiger partial charge < -0.3 is 136 Å². The summed E-state index contributed by atoms with van der Waals surface area (Å²) < 4.78 is 119. The number of esters is 8. The van der Waals surface area contributed by atoms with Crippen molar-refractivity contribution >= 4 is 83.2 Å². The highest BCUT2D eigenvalue weighted by atomic mass is 16.7. The van der Waals surface area contributed by atoms with Gasteiger partial charge in [-0.25, -0.2) is 0 Å². The van der Waals surface area contributed by atoms with E-state index in [9.17, 15) is 72.2 Å². The van der Waals surface area contributed by atoms with E-state index in [1.54, 1.807) is 0 Å². The van der Waals surface area contributed by atoms with E-state index >= 15 is 0 Å². The van der Waals surface area contributed by atoms with Gasteiger partial charge in [-0.15, -0.1) is 0 Å². The highest BCUT2D eigenvalue weighted by Gasteiger charge is 2.54. The van der Waals surface area contributed by atoms with Gasteiger partial charge in [0.2, 0.25) is 35.4 Å². The van der Waals surface area contributed by atoms with Gasteiger partial charge in [0.25, 0.3) is 0 Å². The van der Waals surface area contributed by atoms with Crippen LogP contribution in [0.5, 0.6) is 5.75 Å². The second-order valence-corrected chi connectivity index (χ2v) is 29.0. The minimum absolute atomic E-state index is 0.0113. The highest BCUT2D eigenvalue weighted by Crippen LogP contribution is 2.32. The van der Waals surface area contributed by atoms with Gasteiger partial charge in [-0.05, 0) is 40.8 Å². The molecular formula is C84H119N7O36. The van der Waals surface area contributed by atoms with Crippen LogP contribution in [-0.2, 0) is 175 Å². The summed E-state index contributed by atoms with van der Waals surface area (Å²) in [6.07, 6.45) is -15.8. The number of hydrogen-bond donors (Lipinski definition) is 7. The molecule has 1 unspecified atom stereocenters. The van der Waals surface area contributed by atoms with Crippen molar-refractivity contribution in [2.24, 2.45) is 0 Å². The van der Waals surface area contributed by atoms with Crippen LogP contribution in [-0.4, -0.2) is 343 Å². The maximum absolute atomic E-state index is 14.8. The van der Waals surface area contributed by atoms with Gasteiger partial charge >= 0.3 is 47.8 Å². The van der Waals surface area contributed by atoms with Crippen molar-refractivity contribution in [2.75, 3.05) is 152 Å². The summed E-state index contributed by atoms with van der Waals surface area (Å²) >= 11 is 0. The fourth-order valence-electron chi connectivity index (χ4n) is 13.2. The van der Waals surface area contributed by atoms with Crippen molar-refractivity contribution in [3.05, 3.63) is 90.0 Å². The highest BCUT2D eigenvalue weighted by molar-refractivity contribution is 5.86. The first-order valence-electron chi connectivity index (χ1n) is 41.2. The van der Waals surface area contributed by atoms with E-state index in [0.29, 0.717) is 17.9 Å². The minimum atomic E-state index is -1.52. The number of rotatable bonds is 56. The lowest BCUT2D eigenvalue weighted by Gasteiger charge is -2.44. The summed E-state index contributed by atoms with van der Waals surface area (Å²) in [6, 6.07) is 19.9. The van der Waals surface area contributed by atoms with Crippen LogP contribution in [0.1, 0.15) is 87.3 Å². The molecule has 0 aliphatic carbocycles. The number of aliphatic hydroxyl groups excluding tert-OH is 1. The van der Waals surface area contributed by atoms with Gasteiger partial charge in [0, 0.05) is 95.8 Å². The van der Waals surface area contributed by atoms with E-state index in [2.05, 4.69) is 31.9 Å². The van der Waals surface area contributed by atoms with Gasteiger partial charge in [-0.1, -0.05) is 66.7 Å². The number of carbonyl (C=O) groups is 14. The van der Waals surface area contributed by atoms with E-state index in [4.69, 9.17) is 99.5 Å². The summed E-state index contributed by atoms with van der Waals surface area (Å²) in [5, 5.41) is 27.3. The van der Waals surface area contributed by atoms with Gasteiger partial charge in [0.05, 0.1) is 118 Å². The summed E-state index contributed by atoms with van der Waals surface area (Å²) in [5.74, 6) is -8.73. The summed E-state index contributed by atoms with van der Waals surface area (Å²) in [7, 11) is 0. The Bertz CT molecular complexity index is 3960. The number of aliphatic hydroxyl groups is 1. The second-order valence-electron chi connectivity index (χ2n) is 29.0. The normalized spacial score (nSPS) is 22.1. The van der Waals surface area contributed by atoms with E-state index in [-0.39, 0.29) is 125 Å². The smallest absolute Gasteiger partial charge is 0.303 e. The van der Waals surface area contributed by atoms with E-state index < -0.39 is 214 Å². The molecule has 0 aromatic heterocycles. The number of ether oxygens (including phenoxy) is 21. The first kappa shape index (κ1) is 105. The second kappa shape index (κ2) is 57.3. The number of benzene rings is 3. The van der Waals surface area contributed by atoms with Gasteiger partial charge in [-0.3, -0.25) is 72.0 Å². The first-order chi connectivity index (χ1) is 60.7. The Labute approximate surface area is 734 Å². The van der Waals surface area contributed by atoms with Crippen LogP contribution in [0, 0.1) is 0 Å². The molecule has 3 aliphatic rings. The number of nitrogens with zero attached hydrogens (tertiary/aromatic N) is 1. The number of carbonyl (C=O) groups excluding carboxylic acids is 14. The quantitative estimate of drug-likeness (QED) is 0.0203. The Kier molecular flexibility index (Phi) is 47.5. The molecule has 0 bridgehead atoms. The predicted octanol–water partition coefficient (Wildman–Crippen LogP) is -0.959. The van der Waals surface area contributed by atoms with Crippen LogP contribution in [0.15, 0.2) is 78.9 Å². The molecule has 706 valence electrons. The Balaban J connectivity index is 1.11. The average Bonchev–Trinajstić information content (AvgIpc) is 0.793. The largest absolute Gasteiger partial charge is 0.489 e. The molecular weight excluding hydrogens is 1680 g/mol. The molecule has 0 spiro atoms. The van der Waals surface area contributed by atoms with Crippen molar-refractivity contribution in [1.29, 1.82) is 0 Å². The third kappa shape index (κ3) is 40.1. The summed E-state index contributed by atoms with van der Waals surface area (Å²) in [4.78, 5) is 178. The van der Waals surface area contributed by atoms with Crippen molar-refractivity contribution in [3.8, 4) is 16.9 Å². The van der Waals surface area contributed by atoms with Crippen molar-refractivity contribution in [3.63, 3.8) is 0 Å². The van der Waals surface area contributed by atoms with Crippen molar-refractivity contribution in [2.45, 2.75) is 187 Å². The Morgan fingerprint density at radius 1 is 0.362 bits per heavy atom. The maximum Gasteiger partial charge on any atom is 0.303 e. The van der Waals surface area contributed by atoms with Gasteiger partial charge in [-0.2, -0.15) is 0 Å². The molecule has 0 saturated carbocycles. The summed E-state index contributed by atoms with van der Waals surface area (Å²) in [5.41, 5.74) is 3.35. The van der Waals surface area contributed by atoms with Gasteiger partial charge in [0.1, 0.15) is 74.7 Å². The molecule has 3 aromatic carbocycles. The van der Waals surface area contributed by atoms with Crippen molar-refractivity contribution in [1.82, 2.24) is 36.8 Å². The van der Waals surface area contributed by atoms with Crippen LogP contribution >= 0.6 is 0 Å². The fourth-order valence-corrected chi connectivity index (χ4v) is 13.2. The molecule has 16 atom stereocenters. The molecule has 3 aromatic rings. The molecule has 127 heavy (non-hydrogen) atoms. The lowest BCUT2D eigenvalue weighted by Crippen LogP contribution is -2.66. The standard InChI is InChI=1S/C84H119N7O36/c1-50(92)88-72-78(122-58(9)100)75(105)67(47-116-53(4)95)125-82(72)113-40-37-110-34-31-107-28-25-85-70(103)44-91(45-71(104)86-26-29-108-32-35-111-38-41-114-83-73(89-51(2)93)79(123-59(10)101)76(120-56(7)98)68(126-83)48-117-54(5)96)66(43-61-17-19-63(20-18-61)64-21-23-65(24-22-64)119-46-62-15-13-12-14-16-62)81(106)87-27-30-109-33-36-112-39-42-115-84-74(90-52(3)94)80(124-60(11)102)77(121-57(8)99)69(127-84)49-118-55(6)97/h12-24,66-69,72-80,82-84,105H,25-49H2,1-11H3,(H,85,103)(H,86,104)(H,87,106)(H,88,92)(H,89,93)(H,90,94)/t66?,67-,68-,69-,72-,73-,74-,75+,76+,77+,78-,79-,80-,82-,83-,84-/m1/s1. The minimum Gasteiger partial charge on any atom is -0.489 e. The molecule has 43 nitrogen and oxygen atoms in total. The zero-order valence-corrected chi connectivity index (χ0v) is 73.1. The number of nitrogens with one attached hydrogen (secondary N) is 6. The number of amides is 6. The predicted molar refractivity (Wildman–Crippen MR) is 436 cm³/mol.